The molecule has 1 saturated carbocycles. The van der Waals surface area contributed by atoms with Crippen LogP contribution < -0.4 is 0 Å². The van der Waals surface area contributed by atoms with Crippen molar-refractivity contribution in [3.05, 3.63) is 34.9 Å². The summed E-state index contributed by atoms with van der Waals surface area (Å²) in [4.78, 5) is 14.4. The van der Waals surface area contributed by atoms with Crippen molar-refractivity contribution in [3.8, 4) is 0 Å². The molecule has 2 aliphatic rings. The number of aliphatic hydroxyl groups is 1. The average Bonchev–Trinajstić information content (AvgIpc) is 2.92. The largest absolute Gasteiger partial charge is 0.393 e. The highest BCUT2D eigenvalue weighted by Crippen LogP contribution is 2.37. The first-order chi connectivity index (χ1) is 9.13. The molecule has 2 fully saturated rings. The third-order valence-corrected chi connectivity index (χ3v) is 4.64. The van der Waals surface area contributed by atoms with Crippen LogP contribution in [0.15, 0.2) is 24.3 Å². The molecule has 1 aliphatic carbocycles. The third-order valence-electron chi connectivity index (χ3n) is 4.41. The molecule has 1 aliphatic heterocycles. The van der Waals surface area contributed by atoms with Crippen molar-refractivity contribution in [2.24, 2.45) is 11.8 Å². The lowest BCUT2D eigenvalue weighted by Gasteiger charge is -2.17. The number of carbonyl (C=O) groups is 1. The first kappa shape index (κ1) is 13.1. The second-order valence-corrected chi connectivity index (χ2v) is 6.13. The van der Waals surface area contributed by atoms with E-state index in [4.69, 9.17) is 11.6 Å². The minimum atomic E-state index is -0.170. The summed E-state index contributed by atoms with van der Waals surface area (Å²) in [5, 5.41) is 10.5. The normalized spacial score (nSPS) is 30.5. The fraction of sp³-hybridized carbons (Fsp3) is 0.533. The van der Waals surface area contributed by atoms with Gasteiger partial charge in [0.05, 0.1) is 12.6 Å². The Hall–Kier alpha value is -0.900. The maximum Gasteiger partial charge on any atom is 0.176 e. The second-order valence-electron chi connectivity index (χ2n) is 5.70. The van der Waals surface area contributed by atoms with E-state index in [0.29, 0.717) is 29.0 Å². The summed E-state index contributed by atoms with van der Waals surface area (Å²) in [6.45, 7) is 2.21. The molecule has 0 aromatic heterocycles. The van der Waals surface area contributed by atoms with E-state index in [9.17, 15) is 9.90 Å². The van der Waals surface area contributed by atoms with Gasteiger partial charge in [-0.15, -0.1) is 0 Å². The number of likely N-dealkylation sites (tertiary alicyclic amines) is 1. The zero-order valence-corrected chi connectivity index (χ0v) is 11.5. The lowest BCUT2D eigenvalue weighted by molar-refractivity contribution is 0.0920. The first-order valence-corrected chi connectivity index (χ1v) is 7.20. The van der Waals surface area contributed by atoms with Gasteiger partial charge in [0.2, 0.25) is 0 Å². The molecule has 3 atom stereocenters. The number of rotatable bonds is 3. The van der Waals surface area contributed by atoms with Crippen LogP contribution in [-0.2, 0) is 0 Å². The summed E-state index contributed by atoms with van der Waals surface area (Å²) in [7, 11) is 0. The zero-order valence-electron chi connectivity index (χ0n) is 10.8. The van der Waals surface area contributed by atoms with Crippen LogP contribution in [0.3, 0.4) is 0 Å². The fourth-order valence-corrected chi connectivity index (χ4v) is 3.60. The Morgan fingerprint density at radius 2 is 2.21 bits per heavy atom. The van der Waals surface area contributed by atoms with E-state index in [1.54, 1.807) is 24.3 Å². The molecule has 0 bridgehead atoms. The highest BCUT2D eigenvalue weighted by atomic mass is 35.5. The summed E-state index contributed by atoms with van der Waals surface area (Å²) in [6.07, 6.45) is 1.84. The van der Waals surface area contributed by atoms with Crippen molar-refractivity contribution in [1.29, 1.82) is 0 Å². The molecule has 4 heteroatoms. The number of carbonyl (C=O) groups excluding carboxylic acids is 1. The Balaban J connectivity index is 1.62. The fourth-order valence-electron chi connectivity index (χ4n) is 3.41. The molecule has 102 valence electrons. The maximum absolute atomic E-state index is 12.2. The number of fused-ring (bicyclic) bond motifs is 1. The van der Waals surface area contributed by atoms with Crippen molar-refractivity contribution < 1.29 is 9.90 Å². The summed E-state index contributed by atoms with van der Waals surface area (Å²) in [5.41, 5.74) is 0.671. The van der Waals surface area contributed by atoms with Crippen molar-refractivity contribution in [1.82, 2.24) is 4.90 Å². The molecule has 3 unspecified atom stereocenters. The number of hydrogen-bond acceptors (Lipinski definition) is 3. The van der Waals surface area contributed by atoms with Gasteiger partial charge in [0.15, 0.2) is 5.78 Å². The van der Waals surface area contributed by atoms with E-state index in [0.717, 1.165) is 25.9 Å². The number of benzene rings is 1. The molecular formula is C15H18ClNO2. The van der Waals surface area contributed by atoms with Crippen LogP contribution >= 0.6 is 11.6 Å². The Morgan fingerprint density at radius 3 is 2.95 bits per heavy atom. The van der Waals surface area contributed by atoms with Gasteiger partial charge in [-0.25, -0.2) is 0 Å². The molecule has 1 N–H and O–H groups in total. The van der Waals surface area contributed by atoms with Crippen molar-refractivity contribution in [3.63, 3.8) is 0 Å². The summed E-state index contributed by atoms with van der Waals surface area (Å²) < 4.78 is 0. The van der Waals surface area contributed by atoms with Crippen LogP contribution in [0.5, 0.6) is 0 Å². The Kier molecular flexibility index (Phi) is 3.61. The number of halogens is 1. The maximum atomic E-state index is 12.2. The van der Waals surface area contributed by atoms with Gasteiger partial charge in [0.1, 0.15) is 0 Å². The van der Waals surface area contributed by atoms with Crippen molar-refractivity contribution in [2.75, 3.05) is 19.6 Å². The van der Waals surface area contributed by atoms with E-state index in [1.807, 2.05) is 0 Å². The van der Waals surface area contributed by atoms with E-state index in [-0.39, 0.29) is 11.9 Å². The molecule has 0 radical (unpaired) electrons. The van der Waals surface area contributed by atoms with Crippen LogP contribution in [0.1, 0.15) is 23.2 Å². The van der Waals surface area contributed by atoms with E-state index >= 15 is 0 Å². The second kappa shape index (κ2) is 5.23. The standard InChI is InChI=1S/C15H18ClNO2/c16-12-3-1-2-10(6-12)15(19)9-17-7-11-4-5-14(18)13(11)8-17/h1-3,6,11,13-14,18H,4-5,7-9H2. The van der Waals surface area contributed by atoms with Gasteiger partial charge in [-0.2, -0.15) is 0 Å². The van der Waals surface area contributed by atoms with E-state index in [2.05, 4.69) is 4.90 Å². The lowest BCUT2D eigenvalue weighted by Crippen LogP contribution is -2.30. The molecule has 3 rings (SSSR count). The number of ketones is 1. The monoisotopic (exact) mass is 279 g/mol. The number of hydrogen-bond donors (Lipinski definition) is 1. The highest BCUT2D eigenvalue weighted by molar-refractivity contribution is 6.31. The topological polar surface area (TPSA) is 40.5 Å². The van der Waals surface area contributed by atoms with E-state index in [1.165, 1.54) is 0 Å². The molecular weight excluding hydrogens is 262 g/mol. The highest BCUT2D eigenvalue weighted by Gasteiger charge is 2.41. The summed E-state index contributed by atoms with van der Waals surface area (Å²) in [6, 6.07) is 7.10. The van der Waals surface area contributed by atoms with Gasteiger partial charge in [0.25, 0.3) is 0 Å². The van der Waals surface area contributed by atoms with Gasteiger partial charge in [-0.1, -0.05) is 23.7 Å². The average molecular weight is 280 g/mol. The quantitative estimate of drug-likeness (QED) is 0.863. The van der Waals surface area contributed by atoms with Gasteiger partial charge in [0, 0.05) is 29.6 Å². The summed E-state index contributed by atoms with van der Waals surface area (Å²) >= 11 is 5.90. The number of nitrogens with zero attached hydrogens (tertiary/aromatic N) is 1. The smallest absolute Gasteiger partial charge is 0.176 e. The summed E-state index contributed by atoms with van der Waals surface area (Å²) in [5.74, 6) is 1.05. The van der Waals surface area contributed by atoms with Crippen LogP contribution in [-0.4, -0.2) is 41.5 Å². The number of Topliss-reactive ketones (excluding diaryl/α,β-unsaturated/α-hetero) is 1. The Labute approximate surface area is 118 Å². The van der Waals surface area contributed by atoms with Crippen LogP contribution in [0.4, 0.5) is 0 Å². The van der Waals surface area contributed by atoms with E-state index < -0.39 is 0 Å². The first-order valence-electron chi connectivity index (χ1n) is 6.82. The predicted molar refractivity (Wildman–Crippen MR) is 74.4 cm³/mol. The third kappa shape index (κ3) is 2.69. The van der Waals surface area contributed by atoms with Gasteiger partial charge in [-0.05, 0) is 30.9 Å². The Morgan fingerprint density at radius 1 is 1.37 bits per heavy atom. The predicted octanol–water partition coefficient (Wildman–Crippen LogP) is 2.23. The van der Waals surface area contributed by atoms with Crippen molar-refractivity contribution in [2.45, 2.75) is 18.9 Å². The zero-order chi connectivity index (χ0) is 13.4. The molecule has 1 aromatic carbocycles. The molecule has 19 heavy (non-hydrogen) atoms. The minimum absolute atomic E-state index is 0.108. The number of aliphatic hydroxyl groups excluding tert-OH is 1. The molecule has 1 saturated heterocycles. The van der Waals surface area contributed by atoms with Gasteiger partial charge in [-0.3, -0.25) is 9.69 Å². The molecule has 1 heterocycles. The molecule has 3 nitrogen and oxygen atoms in total. The van der Waals surface area contributed by atoms with Gasteiger partial charge < -0.3 is 5.11 Å². The van der Waals surface area contributed by atoms with Crippen LogP contribution in [0.2, 0.25) is 5.02 Å². The molecule has 1 aromatic rings. The van der Waals surface area contributed by atoms with Gasteiger partial charge >= 0.3 is 0 Å². The van der Waals surface area contributed by atoms with Crippen molar-refractivity contribution >= 4 is 17.4 Å². The molecule has 0 spiro atoms. The van der Waals surface area contributed by atoms with Crippen LogP contribution in [0, 0.1) is 11.8 Å². The molecule has 0 amide bonds. The van der Waals surface area contributed by atoms with Crippen LogP contribution in [0.25, 0.3) is 0 Å². The Bertz CT molecular complexity index is 491. The SMILES string of the molecule is O=C(CN1CC2CCC(O)C2C1)c1cccc(Cl)c1. The lowest BCUT2D eigenvalue weighted by atomic mass is 10.00. The minimum Gasteiger partial charge on any atom is -0.393 e.